The van der Waals surface area contributed by atoms with Crippen LogP contribution in [0.5, 0.6) is 0 Å². The fourth-order valence-electron chi connectivity index (χ4n) is 6.44. The number of rotatable bonds is 4. The second-order valence-corrected chi connectivity index (χ2v) is 10.2. The molecule has 2 amide bonds. The molecule has 0 aliphatic carbocycles. The Morgan fingerprint density at radius 2 is 1.94 bits per heavy atom. The molecule has 0 saturated carbocycles. The van der Waals surface area contributed by atoms with E-state index in [-0.39, 0.29) is 24.0 Å². The highest BCUT2D eigenvalue weighted by Gasteiger charge is 2.74. The first-order chi connectivity index (χ1) is 16.3. The molecular formula is C27H28N2O5. The topological polar surface area (TPSA) is 88.8 Å². The Hall–Kier alpha value is -3.19. The molecule has 1 N–H and O–H groups in total. The first kappa shape index (κ1) is 21.4. The van der Waals surface area contributed by atoms with Gasteiger partial charge in [0.1, 0.15) is 17.1 Å². The molecule has 7 heteroatoms. The summed E-state index contributed by atoms with van der Waals surface area (Å²) in [5.74, 6) is -1.05. The number of amides is 2. The third-order valence-electron chi connectivity index (χ3n) is 8.10. The number of Topliss-reactive ketones (excluding diaryl/α,β-unsaturated/α-hetero) is 1. The fourth-order valence-corrected chi connectivity index (χ4v) is 6.44. The predicted molar refractivity (Wildman–Crippen MR) is 124 cm³/mol. The van der Waals surface area contributed by atoms with E-state index in [0.717, 1.165) is 0 Å². The standard InChI is InChI=1S/C27H28N2O5/c1-14(2)16-6-8-17(9-7-16)28-25(31)22-21-10-11-27(34-21)23(22)26(32)29-18(20-5-4-12-33-20)13-19(30)15(3)24(27)29/h4-12,14-15,18,21-24H,13H2,1-3H3,(H,28,31)/t15?,18?,21-,22?,23-,24?,27-/m0/s1. The van der Waals surface area contributed by atoms with Crippen LogP contribution in [0.2, 0.25) is 0 Å². The van der Waals surface area contributed by atoms with Crippen molar-refractivity contribution < 1.29 is 23.5 Å². The van der Waals surface area contributed by atoms with Crippen LogP contribution in [0.1, 0.15) is 50.5 Å². The molecule has 176 valence electrons. The zero-order valence-corrected chi connectivity index (χ0v) is 19.4. The van der Waals surface area contributed by atoms with Gasteiger partial charge in [-0.15, -0.1) is 0 Å². The molecule has 1 aromatic heterocycles. The lowest BCUT2D eigenvalue weighted by molar-refractivity contribution is -0.147. The highest BCUT2D eigenvalue weighted by atomic mass is 16.5. The van der Waals surface area contributed by atoms with Crippen LogP contribution in [0.3, 0.4) is 0 Å². The van der Waals surface area contributed by atoms with E-state index >= 15 is 0 Å². The van der Waals surface area contributed by atoms with Gasteiger partial charge in [0.05, 0.1) is 36.3 Å². The van der Waals surface area contributed by atoms with Crippen LogP contribution in [0.4, 0.5) is 5.69 Å². The molecule has 34 heavy (non-hydrogen) atoms. The molecule has 1 aromatic carbocycles. The molecule has 7 atom stereocenters. The number of fused-ring (bicyclic) bond motifs is 2. The van der Waals surface area contributed by atoms with Gasteiger partial charge in [-0.05, 0) is 35.7 Å². The maximum atomic E-state index is 13.9. The molecule has 3 fully saturated rings. The smallest absolute Gasteiger partial charge is 0.231 e. The number of carbonyl (C=O) groups excluding carboxylic acids is 3. The van der Waals surface area contributed by atoms with Gasteiger partial charge in [-0.25, -0.2) is 0 Å². The summed E-state index contributed by atoms with van der Waals surface area (Å²) in [6.45, 7) is 6.10. The summed E-state index contributed by atoms with van der Waals surface area (Å²) < 4.78 is 12.0. The maximum absolute atomic E-state index is 13.9. The van der Waals surface area contributed by atoms with Crippen molar-refractivity contribution in [1.82, 2.24) is 4.90 Å². The Morgan fingerprint density at radius 1 is 1.18 bits per heavy atom. The molecule has 1 spiro atoms. The first-order valence-electron chi connectivity index (χ1n) is 12.0. The van der Waals surface area contributed by atoms with Crippen molar-refractivity contribution in [2.45, 2.75) is 56.9 Å². The number of hydrogen-bond donors (Lipinski definition) is 1. The fraction of sp³-hybridized carbons (Fsp3) is 0.444. The zero-order valence-electron chi connectivity index (χ0n) is 19.4. The normalized spacial score (nSPS) is 35.7. The number of piperidine rings is 1. The van der Waals surface area contributed by atoms with Crippen LogP contribution in [0, 0.1) is 17.8 Å². The molecule has 4 unspecified atom stereocenters. The molecule has 5 heterocycles. The molecule has 2 bridgehead atoms. The lowest BCUT2D eigenvalue weighted by Gasteiger charge is -2.43. The quantitative estimate of drug-likeness (QED) is 0.701. The van der Waals surface area contributed by atoms with Gasteiger partial charge in [-0.1, -0.05) is 45.1 Å². The molecular weight excluding hydrogens is 432 g/mol. The number of furan rings is 1. The second-order valence-electron chi connectivity index (χ2n) is 10.2. The lowest BCUT2D eigenvalue weighted by Crippen LogP contribution is -2.55. The molecule has 6 rings (SSSR count). The first-order valence-corrected chi connectivity index (χ1v) is 12.0. The second kappa shape index (κ2) is 7.40. The Labute approximate surface area is 198 Å². The van der Waals surface area contributed by atoms with Gasteiger partial charge in [0, 0.05) is 18.0 Å². The van der Waals surface area contributed by atoms with E-state index in [1.165, 1.54) is 5.56 Å². The summed E-state index contributed by atoms with van der Waals surface area (Å²) in [5.41, 5.74) is 0.898. The lowest BCUT2D eigenvalue weighted by atomic mass is 9.70. The van der Waals surface area contributed by atoms with Crippen molar-refractivity contribution in [3.05, 3.63) is 66.1 Å². The number of anilines is 1. The molecule has 7 nitrogen and oxygen atoms in total. The van der Waals surface area contributed by atoms with E-state index in [4.69, 9.17) is 9.15 Å². The number of nitrogens with zero attached hydrogens (tertiary/aromatic N) is 1. The van der Waals surface area contributed by atoms with E-state index in [9.17, 15) is 14.4 Å². The molecule has 4 aliphatic heterocycles. The SMILES string of the molecule is CC(C)c1ccc(NC(=O)C2[C@@H]3C=C[C@@]4(O3)C3C(C)C(=O)CC(c5ccco5)N3C(=O)[C@H]24)cc1. The van der Waals surface area contributed by atoms with Crippen molar-refractivity contribution in [3.8, 4) is 0 Å². The number of nitrogens with one attached hydrogen (secondary N) is 1. The van der Waals surface area contributed by atoms with Crippen molar-refractivity contribution in [1.29, 1.82) is 0 Å². The predicted octanol–water partition coefficient (Wildman–Crippen LogP) is 3.84. The van der Waals surface area contributed by atoms with Crippen molar-refractivity contribution >= 4 is 23.3 Å². The van der Waals surface area contributed by atoms with E-state index in [2.05, 4.69) is 19.2 Å². The Morgan fingerprint density at radius 3 is 2.62 bits per heavy atom. The minimum absolute atomic E-state index is 0.0732. The number of benzene rings is 1. The molecule has 0 radical (unpaired) electrons. The summed E-state index contributed by atoms with van der Waals surface area (Å²) in [5, 5.41) is 3.00. The molecule has 3 saturated heterocycles. The number of ketones is 1. The van der Waals surface area contributed by atoms with Crippen molar-refractivity contribution in [2.75, 3.05) is 5.32 Å². The third kappa shape index (κ3) is 2.83. The van der Waals surface area contributed by atoms with E-state index in [1.807, 2.05) is 43.3 Å². The summed E-state index contributed by atoms with van der Waals surface area (Å²) in [6.07, 6.45) is 5.06. The van der Waals surface area contributed by atoms with Crippen LogP contribution in [0.15, 0.2) is 59.2 Å². The average Bonchev–Trinajstić information content (AvgIpc) is 3.59. The van der Waals surface area contributed by atoms with Crippen LogP contribution >= 0.6 is 0 Å². The van der Waals surface area contributed by atoms with Gasteiger partial charge >= 0.3 is 0 Å². The highest BCUT2D eigenvalue weighted by molar-refractivity contribution is 6.00. The Bertz CT molecular complexity index is 1180. The van der Waals surface area contributed by atoms with Crippen molar-refractivity contribution in [3.63, 3.8) is 0 Å². The van der Waals surface area contributed by atoms with Gasteiger partial charge in [0.2, 0.25) is 11.8 Å². The van der Waals surface area contributed by atoms with Crippen LogP contribution in [-0.4, -0.2) is 40.2 Å². The zero-order chi connectivity index (χ0) is 23.8. The molecule has 2 aromatic rings. The van der Waals surface area contributed by atoms with Gasteiger partial charge in [-0.2, -0.15) is 0 Å². The van der Waals surface area contributed by atoms with Gasteiger partial charge < -0.3 is 19.4 Å². The molecule has 4 aliphatic rings. The van der Waals surface area contributed by atoms with E-state index < -0.39 is 41.5 Å². The highest BCUT2D eigenvalue weighted by Crippen LogP contribution is 2.60. The minimum atomic E-state index is -0.981. The van der Waals surface area contributed by atoms with Crippen LogP contribution in [-0.2, 0) is 19.1 Å². The summed E-state index contributed by atoms with van der Waals surface area (Å²) in [4.78, 5) is 42.2. The Balaban J connectivity index is 1.34. The van der Waals surface area contributed by atoms with E-state index in [0.29, 0.717) is 17.4 Å². The number of carbonyl (C=O) groups is 3. The average molecular weight is 461 g/mol. The Kier molecular flexibility index (Phi) is 4.65. The third-order valence-corrected chi connectivity index (χ3v) is 8.10. The maximum Gasteiger partial charge on any atom is 0.231 e. The van der Waals surface area contributed by atoms with Crippen LogP contribution < -0.4 is 5.32 Å². The monoisotopic (exact) mass is 460 g/mol. The number of ether oxygens (including phenoxy) is 1. The van der Waals surface area contributed by atoms with Gasteiger partial charge in [0.25, 0.3) is 0 Å². The van der Waals surface area contributed by atoms with Gasteiger partial charge in [-0.3, -0.25) is 14.4 Å². The van der Waals surface area contributed by atoms with Crippen molar-refractivity contribution in [2.24, 2.45) is 17.8 Å². The van der Waals surface area contributed by atoms with Crippen LogP contribution in [0.25, 0.3) is 0 Å². The summed E-state index contributed by atoms with van der Waals surface area (Å²) in [7, 11) is 0. The minimum Gasteiger partial charge on any atom is -0.467 e. The van der Waals surface area contributed by atoms with Gasteiger partial charge in [0.15, 0.2) is 0 Å². The summed E-state index contributed by atoms with van der Waals surface area (Å²) >= 11 is 0. The number of hydrogen-bond acceptors (Lipinski definition) is 5. The largest absolute Gasteiger partial charge is 0.467 e. The summed E-state index contributed by atoms with van der Waals surface area (Å²) in [6, 6.07) is 10.4. The van der Waals surface area contributed by atoms with E-state index in [1.54, 1.807) is 23.3 Å².